The number of benzene rings is 1. The third-order valence-corrected chi connectivity index (χ3v) is 8.96. The number of fused-ring (bicyclic) bond motifs is 7. The summed E-state index contributed by atoms with van der Waals surface area (Å²) in [5.41, 5.74) is 2.07. The molecule has 1 unspecified atom stereocenters. The lowest BCUT2D eigenvalue weighted by Crippen LogP contribution is -2.47. The monoisotopic (exact) mass is 448 g/mol. The number of hydrogen-bond donors (Lipinski definition) is 0. The van der Waals surface area contributed by atoms with Crippen LogP contribution in [0.25, 0.3) is 11.3 Å². The molecule has 6 rings (SSSR count). The predicted molar refractivity (Wildman–Crippen MR) is 136 cm³/mol. The maximum absolute atomic E-state index is 8.92. The average molecular weight is 449 g/mol. The molecule has 0 bridgehead atoms. The maximum atomic E-state index is 8.92. The molecule has 3 fully saturated rings. The largest absolute Gasteiger partial charge is 0.488 e. The van der Waals surface area contributed by atoms with E-state index in [0.29, 0.717) is 17.5 Å². The van der Waals surface area contributed by atoms with E-state index in [-0.39, 0.29) is 17.2 Å². The maximum Gasteiger partial charge on any atom is 0.132 e. The van der Waals surface area contributed by atoms with Crippen LogP contribution < -0.4 is 4.74 Å². The molecule has 2 nitrogen and oxygen atoms in total. The fourth-order valence-corrected chi connectivity index (χ4v) is 7.70. The Kier molecular flexibility index (Phi) is 4.13. The van der Waals surface area contributed by atoms with Gasteiger partial charge in [0, 0.05) is 30.1 Å². The van der Waals surface area contributed by atoms with Crippen molar-refractivity contribution in [3.8, 4) is 17.0 Å². The van der Waals surface area contributed by atoms with E-state index in [1.54, 1.807) is 6.07 Å². The van der Waals surface area contributed by atoms with E-state index in [9.17, 15) is 0 Å². The average Bonchev–Trinajstić information content (AvgIpc) is 3.26. The fourth-order valence-electron chi connectivity index (χ4n) is 7.70. The Morgan fingerprint density at radius 2 is 1.88 bits per heavy atom. The van der Waals surface area contributed by atoms with Crippen molar-refractivity contribution >= 4 is 0 Å². The summed E-state index contributed by atoms with van der Waals surface area (Å²) in [4.78, 5) is 4.60. The van der Waals surface area contributed by atoms with E-state index in [4.69, 9.17) is 11.6 Å². The Morgan fingerprint density at radius 1 is 1.03 bits per heavy atom. The highest BCUT2D eigenvalue weighted by Crippen LogP contribution is 2.58. The third kappa shape index (κ3) is 3.82. The van der Waals surface area contributed by atoms with Crippen LogP contribution in [0.1, 0.15) is 102 Å². The van der Waals surface area contributed by atoms with Gasteiger partial charge in [-0.25, -0.2) is 0 Å². The van der Waals surface area contributed by atoms with Gasteiger partial charge in [-0.05, 0) is 97.7 Å². The summed E-state index contributed by atoms with van der Waals surface area (Å²) < 4.78 is 48.9. The lowest BCUT2D eigenvalue weighted by molar-refractivity contribution is -0.0362. The van der Waals surface area contributed by atoms with Crippen LogP contribution >= 0.6 is 0 Å². The van der Waals surface area contributed by atoms with Crippen LogP contribution in [0.2, 0.25) is 0 Å². The van der Waals surface area contributed by atoms with Crippen molar-refractivity contribution in [3.63, 3.8) is 0 Å². The molecular weight excluding hydrogens is 402 g/mol. The zero-order chi connectivity index (χ0) is 27.0. The molecule has 3 aliphatic carbocycles. The molecule has 1 aliphatic heterocycles. The number of nitrogens with zero attached hydrogens (tertiary/aromatic N) is 1. The molecule has 33 heavy (non-hydrogen) atoms. The van der Waals surface area contributed by atoms with Crippen molar-refractivity contribution < 1.29 is 11.6 Å². The van der Waals surface area contributed by atoms with Crippen LogP contribution in [-0.4, -0.2) is 11.1 Å². The molecule has 0 amide bonds. The van der Waals surface area contributed by atoms with Crippen molar-refractivity contribution in [2.45, 2.75) is 97.4 Å². The van der Waals surface area contributed by atoms with Crippen molar-refractivity contribution in [2.24, 2.45) is 29.1 Å². The first-order valence-corrected chi connectivity index (χ1v) is 13.2. The van der Waals surface area contributed by atoms with Gasteiger partial charge in [0.2, 0.25) is 0 Å². The third-order valence-electron chi connectivity index (χ3n) is 8.96. The topological polar surface area (TPSA) is 22.1 Å². The summed E-state index contributed by atoms with van der Waals surface area (Å²) >= 11 is 0. The second kappa shape index (κ2) is 8.14. The molecule has 3 saturated carbocycles. The quantitative estimate of drug-likeness (QED) is 0.463. The summed E-state index contributed by atoms with van der Waals surface area (Å²) in [6, 6.07) is 7.92. The molecule has 176 valence electrons. The molecule has 2 heteroatoms. The van der Waals surface area contributed by atoms with Gasteiger partial charge in [0.25, 0.3) is 0 Å². The first-order chi connectivity index (χ1) is 17.9. The minimum Gasteiger partial charge on any atom is -0.488 e. The molecule has 2 heterocycles. The standard InChI is InChI=1S/C31H41NO/c1-19-18-32-28(16-21(19)17-31(2,3)4)27-11-7-10-24-26-15-14-23-22-9-6-5-8-20(22)12-13-25(23)29(26)33-30(24)27/h7,10-11,16,18,20,22-23,25-26,29H,5-6,8-9,12-15,17H2,1-4H3/t20-,22-,23-,25+,26+,29?/m1/s1/i1D3,17D2. The van der Waals surface area contributed by atoms with Gasteiger partial charge < -0.3 is 4.74 Å². The normalized spacial score (nSPS) is 35.9. The van der Waals surface area contributed by atoms with Crippen LogP contribution in [-0.2, 0) is 6.37 Å². The number of rotatable bonds is 2. The minimum absolute atomic E-state index is 0.0181. The molecular formula is C31H41NO. The zero-order valence-electron chi connectivity index (χ0n) is 25.4. The molecule has 0 radical (unpaired) electrons. The van der Waals surface area contributed by atoms with Crippen molar-refractivity contribution in [2.75, 3.05) is 0 Å². The molecule has 1 aromatic heterocycles. The summed E-state index contributed by atoms with van der Waals surface area (Å²) in [5.74, 6) is 4.43. The van der Waals surface area contributed by atoms with Crippen LogP contribution in [0.5, 0.6) is 5.75 Å². The van der Waals surface area contributed by atoms with Crippen LogP contribution in [0, 0.1) is 35.9 Å². The van der Waals surface area contributed by atoms with Gasteiger partial charge in [-0.2, -0.15) is 0 Å². The lowest BCUT2D eigenvalue weighted by Gasteiger charge is -2.50. The second-order valence-corrected chi connectivity index (χ2v) is 12.1. The molecule has 4 aliphatic rings. The Morgan fingerprint density at radius 3 is 2.73 bits per heavy atom. The number of aryl methyl sites for hydroxylation is 1. The zero-order valence-corrected chi connectivity index (χ0v) is 20.4. The minimum atomic E-state index is -2.45. The van der Waals surface area contributed by atoms with Gasteiger partial charge in [-0.3, -0.25) is 4.98 Å². The van der Waals surface area contributed by atoms with Gasteiger partial charge in [0.1, 0.15) is 11.9 Å². The van der Waals surface area contributed by atoms with Crippen molar-refractivity contribution in [1.82, 2.24) is 4.98 Å². The summed E-state index contributed by atoms with van der Waals surface area (Å²) in [5, 5.41) is 0. The summed E-state index contributed by atoms with van der Waals surface area (Å²) in [6.45, 7) is 2.97. The number of ether oxygens (including phenoxy) is 1. The summed E-state index contributed by atoms with van der Waals surface area (Å²) in [6.07, 6.45) is 10.4. The van der Waals surface area contributed by atoms with Crippen molar-refractivity contribution in [3.05, 3.63) is 47.2 Å². The van der Waals surface area contributed by atoms with Crippen LogP contribution in [0.4, 0.5) is 0 Å². The van der Waals surface area contributed by atoms with E-state index in [1.165, 1.54) is 56.7 Å². The smallest absolute Gasteiger partial charge is 0.132 e. The Hall–Kier alpha value is -1.83. The molecule has 0 spiro atoms. The van der Waals surface area contributed by atoms with E-state index in [1.807, 2.05) is 26.8 Å². The highest BCUT2D eigenvalue weighted by molar-refractivity contribution is 5.71. The van der Waals surface area contributed by atoms with Gasteiger partial charge in [0.05, 0.1) is 5.69 Å². The molecule has 1 aromatic carbocycles. The summed E-state index contributed by atoms with van der Waals surface area (Å²) in [7, 11) is 0. The number of aromatic nitrogens is 1. The van der Waals surface area contributed by atoms with E-state index in [0.717, 1.165) is 35.5 Å². The Bertz CT molecular complexity index is 1220. The molecule has 2 aromatic rings. The van der Waals surface area contributed by atoms with E-state index < -0.39 is 18.6 Å². The number of hydrogen-bond acceptors (Lipinski definition) is 2. The first kappa shape index (κ1) is 16.7. The molecule has 0 N–H and O–H groups in total. The van der Waals surface area contributed by atoms with Crippen LogP contribution in [0.15, 0.2) is 30.5 Å². The molecule has 0 saturated heterocycles. The highest BCUT2D eigenvalue weighted by atomic mass is 16.5. The van der Waals surface area contributed by atoms with Gasteiger partial charge in [-0.1, -0.05) is 52.2 Å². The van der Waals surface area contributed by atoms with E-state index >= 15 is 0 Å². The number of para-hydroxylation sites is 1. The van der Waals surface area contributed by atoms with Gasteiger partial charge in [0.15, 0.2) is 0 Å². The molecule has 6 atom stereocenters. The first-order valence-electron chi connectivity index (χ1n) is 15.7. The van der Waals surface area contributed by atoms with Crippen LogP contribution in [0.3, 0.4) is 0 Å². The number of pyridine rings is 1. The van der Waals surface area contributed by atoms with Gasteiger partial charge in [-0.15, -0.1) is 0 Å². The van der Waals surface area contributed by atoms with Crippen molar-refractivity contribution in [1.29, 1.82) is 0 Å². The SMILES string of the molecule is [2H]C([2H])([2H])c1cnc(-c2cccc3c2OC2[C@H]4CC[C@H]5CCCC[C@H]5[C@H]4CC[C@@H]32)cc1C([2H])([2H])C(C)(C)C. The van der Waals surface area contributed by atoms with Gasteiger partial charge >= 0.3 is 0 Å². The second-order valence-electron chi connectivity index (χ2n) is 12.1. The Labute approximate surface area is 207 Å². The highest BCUT2D eigenvalue weighted by Gasteiger charge is 2.51. The van der Waals surface area contributed by atoms with E-state index in [2.05, 4.69) is 17.1 Å². The predicted octanol–water partition coefficient (Wildman–Crippen LogP) is 8.12. The fraction of sp³-hybridized carbons (Fsp3) is 0.645. The lowest BCUT2D eigenvalue weighted by atomic mass is 9.55. The Balaban J connectivity index is 1.38.